The second kappa shape index (κ2) is 6.67. The van der Waals surface area contributed by atoms with Crippen LogP contribution in [0.15, 0.2) is 0 Å². The Kier molecular flexibility index (Phi) is 5.87. The van der Waals surface area contributed by atoms with Crippen LogP contribution in [0.5, 0.6) is 0 Å². The van der Waals surface area contributed by atoms with E-state index in [9.17, 15) is 9.59 Å². The van der Waals surface area contributed by atoms with Gasteiger partial charge in [-0.15, -0.1) is 0 Å². The maximum absolute atomic E-state index is 11.2. The van der Waals surface area contributed by atoms with Crippen LogP contribution in [-0.4, -0.2) is 22.2 Å². The highest BCUT2D eigenvalue weighted by Crippen LogP contribution is 2.29. The van der Waals surface area contributed by atoms with Crippen molar-refractivity contribution in [2.45, 2.75) is 43.0 Å². The minimum absolute atomic E-state index is 0.00483. The van der Waals surface area contributed by atoms with Crippen molar-refractivity contribution >= 4 is 46.0 Å². The number of hydrogen-bond acceptors (Lipinski definition) is 3. The molecule has 6 heteroatoms. The molecule has 0 amide bonds. The molecular formula is C10H13Cl3O3. The van der Waals surface area contributed by atoms with E-state index in [4.69, 9.17) is 39.5 Å². The molecule has 0 aliphatic heterocycles. The molecule has 0 aromatic rings. The number of rotatable bonds is 4. The minimum atomic E-state index is -1.28. The number of esters is 1. The number of carbonyl (C=O) groups excluding carboxylic acids is 2. The summed E-state index contributed by atoms with van der Waals surface area (Å²) >= 11 is 16.1. The van der Waals surface area contributed by atoms with Gasteiger partial charge in [0.15, 0.2) is 6.10 Å². The zero-order valence-corrected chi connectivity index (χ0v) is 10.9. The summed E-state index contributed by atoms with van der Waals surface area (Å²) in [4.78, 5) is 21.1. The molecule has 0 heterocycles. The third-order valence-corrected chi connectivity index (χ3v) is 3.29. The Labute approximate surface area is 109 Å². The van der Waals surface area contributed by atoms with E-state index < -0.39 is 22.2 Å². The lowest BCUT2D eigenvalue weighted by Crippen LogP contribution is -2.34. The highest BCUT2D eigenvalue weighted by Gasteiger charge is 2.33. The Morgan fingerprint density at radius 3 is 2.12 bits per heavy atom. The summed E-state index contributed by atoms with van der Waals surface area (Å²) in [6.45, 7) is 0. The van der Waals surface area contributed by atoms with Crippen molar-refractivity contribution in [2.75, 3.05) is 0 Å². The summed E-state index contributed by atoms with van der Waals surface area (Å²) in [5.74, 6) is -0.817. The zero-order valence-electron chi connectivity index (χ0n) is 8.63. The Balaban J connectivity index is 2.59. The van der Waals surface area contributed by atoms with Crippen molar-refractivity contribution in [3.8, 4) is 0 Å². The SMILES string of the molecule is O=C(O[C@@H](C(=O)Cl)C1CCCCC1)C(Cl)Cl. The lowest BCUT2D eigenvalue weighted by atomic mass is 9.85. The van der Waals surface area contributed by atoms with Gasteiger partial charge in [0, 0.05) is 5.92 Å². The van der Waals surface area contributed by atoms with Crippen molar-refractivity contribution in [2.24, 2.45) is 5.92 Å². The van der Waals surface area contributed by atoms with Crippen LogP contribution < -0.4 is 0 Å². The molecule has 0 aromatic heterocycles. The average molecular weight is 288 g/mol. The molecule has 0 radical (unpaired) electrons. The molecule has 0 N–H and O–H groups in total. The molecule has 0 saturated heterocycles. The van der Waals surface area contributed by atoms with Crippen LogP contribution in [0, 0.1) is 5.92 Å². The van der Waals surface area contributed by atoms with Gasteiger partial charge in [-0.05, 0) is 24.4 Å². The second-order valence-corrected chi connectivity index (χ2v) is 5.33. The van der Waals surface area contributed by atoms with E-state index in [-0.39, 0.29) is 5.92 Å². The smallest absolute Gasteiger partial charge is 0.340 e. The third kappa shape index (κ3) is 4.11. The fourth-order valence-electron chi connectivity index (χ4n) is 1.94. The summed E-state index contributed by atoms with van der Waals surface area (Å²) in [5, 5.41) is -0.658. The molecule has 1 aliphatic carbocycles. The van der Waals surface area contributed by atoms with E-state index >= 15 is 0 Å². The van der Waals surface area contributed by atoms with Crippen LogP contribution >= 0.6 is 34.8 Å². The fourth-order valence-corrected chi connectivity index (χ4v) is 2.27. The maximum atomic E-state index is 11.2. The Morgan fingerprint density at radius 2 is 1.69 bits per heavy atom. The molecule has 1 saturated carbocycles. The molecule has 1 atom stereocenters. The average Bonchev–Trinajstić information content (AvgIpc) is 2.26. The third-order valence-electron chi connectivity index (χ3n) is 2.72. The van der Waals surface area contributed by atoms with Crippen molar-refractivity contribution < 1.29 is 14.3 Å². The highest BCUT2D eigenvalue weighted by molar-refractivity contribution is 6.64. The minimum Gasteiger partial charge on any atom is -0.451 e. The summed E-state index contributed by atoms with van der Waals surface area (Å²) < 4.78 is 4.93. The van der Waals surface area contributed by atoms with Crippen molar-refractivity contribution in [3.63, 3.8) is 0 Å². The van der Waals surface area contributed by atoms with Gasteiger partial charge in [-0.25, -0.2) is 4.79 Å². The van der Waals surface area contributed by atoms with Gasteiger partial charge in [0.25, 0.3) is 5.24 Å². The first-order valence-corrected chi connectivity index (χ1v) is 6.45. The van der Waals surface area contributed by atoms with Gasteiger partial charge >= 0.3 is 5.97 Å². The standard InChI is InChI=1S/C10H13Cl3O3/c11-8(12)10(15)16-7(9(13)14)6-4-2-1-3-5-6/h6-8H,1-5H2/t7-/m1/s1. The predicted octanol–water partition coefficient (Wildman–Crippen LogP) is 3.05. The van der Waals surface area contributed by atoms with E-state index in [2.05, 4.69) is 0 Å². The largest absolute Gasteiger partial charge is 0.451 e. The van der Waals surface area contributed by atoms with Crippen molar-refractivity contribution in [1.29, 1.82) is 0 Å². The molecule has 1 fully saturated rings. The summed E-state index contributed by atoms with van der Waals surface area (Å²) in [5.41, 5.74) is 0. The summed E-state index contributed by atoms with van der Waals surface area (Å²) in [6.07, 6.45) is 3.95. The Bertz CT molecular complexity index is 262. The van der Waals surface area contributed by atoms with Crippen molar-refractivity contribution in [1.82, 2.24) is 0 Å². The van der Waals surface area contributed by atoms with Crippen molar-refractivity contribution in [3.05, 3.63) is 0 Å². The topological polar surface area (TPSA) is 43.4 Å². The molecule has 1 rings (SSSR count). The van der Waals surface area contributed by atoms with Crippen LogP contribution in [0.2, 0.25) is 0 Å². The van der Waals surface area contributed by atoms with Gasteiger partial charge < -0.3 is 4.74 Å². The molecule has 0 aromatic carbocycles. The van der Waals surface area contributed by atoms with Crippen LogP contribution in [0.1, 0.15) is 32.1 Å². The van der Waals surface area contributed by atoms with Gasteiger partial charge in [0.05, 0.1) is 0 Å². The first-order chi connectivity index (χ1) is 7.52. The van der Waals surface area contributed by atoms with Gasteiger partial charge in [0.1, 0.15) is 0 Å². The van der Waals surface area contributed by atoms with Gasteiger partial charge in [0.2, 0.25) is 4.84 Å². The van der Waals surface area contributed by atoms with E-state index in [0.717, 1.165) is 32.1 Å². The molecule has 0 unspecified atom stereocenters. The zero-order chi connectivity index (χ0) is 12.1. The summed E-state index contributed by atoms with van der Waals surface area (Å²) in [7, 11) is 0. The summed E-state index contributed by atoms with van der Waals surface area (Å²) in [6, 6.07) is 0. The number of alkyl halides is 2. The Morgan fingerprint density at radius 1 is 1.12 bits per heavy atom. The molecule has 92 valence electrons. The van der Waals surface area contributed by atoms with E-state index in [0.29, 0.717) is 0 Å². The van der Waals surface area contributed by atoms with Crippen LogP contribution in [0.25, 0.3) is 0 Å². The molecule has 0 spiro atoms. The van der Waals surface area contributed by atoms with Crippen LogP contribution in [0.3, 0.4) is 0 Å². The number of carbonyl (C=O) groups is 2. The molecule has 0 bridgehead atoms. The lowest BCUT2D eigenvalue weighted by Gasteiger charge is -2.27. The van der Waals surface area contributed by atoms with Gasteiger partial charge in [-0.1, -0.05) is 42.5 Å². The highest BCUT2D eigenvalue weighted by atomic mass is 35.5. The van der Waals surface area contributed by atoms with E-state index in [1.807, 2.05) is 0 Å². The maximum Gasteiger partial charge on any atom is 0.340 e. The second-order valence-electron chi connectivity index (χ2n) is 3.86. The molecule has 1 aliphatic rings. The lowest BCUT2D eigenvalue weighted by molar-refractivity contribution is -0.154. The number of ether oxygens (including phenoxy) is 1. The fraction of sp³-hybridized carbons (Fsp3) is 0.800. The van der Waals surface area contributed by atoms with Crippen LogP contribution in [0.4, 0.5) is 0 Å². The quantitative estimate of drug-likeness (QED) is 0.453. The predicted molar refractivity (Wildman–Crippen MR) is 62.8 cm³/mol. The van der Waals surface area contributed by atoms with E-state index in [1.165, 1.54) is 0 Å². The van der Waals surface area contributed by atoms with Gasteiger partial charge in [-0.3, -0.25) is 4.79 Å². The Hall–Kier alpha value is 0.01000. The van der Waals surface area contributed by atoms with Gasteiger partial charge in [-0.2, -0.15) is 0 Å². The normalized spacial score (nSPS) is 19.5. The number of hydrogen-bond donors (Lipinski definition) is 0. The van der Waals surface area contributed by atoms with Crippen LogP contribution in [-0.2, 0) is 14.3 Å². The first-order valence-electron chi connectivity index (χ1n) is 5.20. The van der Waals surface area contributed by atoms with E-state index in [1.54, 1.807) is 0 Å². The molecule has 3 nitrogen and oxygen atoms in total. The number of halogens is 3. The monoisotopic (exact) mass is 286 g/mol. The molecule has 16 heavy (non-hydrogen) atoms. The molecular weight excluding hydrogens is 274 g/mol. The first kappa shape index (κ1) is 14.1.